The molecule has 0 aliphatic carbocycles. The molecule has 0 atom stereocenters. The van der Waals surface area contributed by atoms with Gasteiger partial charge in [-0.3, -0.25) is 9.29 Å². The summed E-state index contributed by atoms with van der Waals surface area (Å²) in [5, 5.41) is 0. The second-order valence-electron chi connectivity index (χ2n) is 4.07. The van der Waals surface area contributed by atoms with Crippen LogP contribution < -0.4 is 10.0 Å². The highest BCUT2D eigenvalue weighted by Gasteiger charge is 2.21. The zero-order valence-electron chi connectivity index (χ0n) is 10.7. The number of hydrogen-bond donors (Lipinski definition) is 1. The molecular weight excluding hydrogens is 294 g/mol. The Morgan fingerprint density at radius 1 is 1.25 bits per heavy atom. The number of nitrogens with zero attached hydrogens (tertiary/aromatic N) is 2. The van der Waals surface area contributed by atoms with Gasteiger partial charge in [0.05, 0.1) is 16.8 Å². The Morgan fingerprint density at radius 3 is 2.40 bits per heavy atom. The lowest BCUT2D eigenvalue weighted by Gasteiger charge is -2.19. The third-order valence-corrected chi connectivity index (χ3v) is 4.84. The highest BCUT2D eigenvalue weighted by molar-refractivity contribution is 7.92. The molecule has 0 bridgehead atoms. The molecule has 5 nitrogen and oxygen atoms in total. The number of sulfonamides is 1. The molecule has 1 heterocycles. The molecule has 0 fully saturated rings. The summed E-state index contributed by atoms with van der Waals surface area (Å²) in [5.41, 5.74) is 6.61. The Labute approximate surface area is 123 Å². The van der Waals surface area contributed by atoms with E-state index in [2.05, 4.69) is 4.98 Å². The maximum atomic E-state index is 12.4. The van der Waals surface area contributed by atoms with E-state index in [0.29, 0.717) is 11.3 Å². The van der Waals surface area contributed by atoms with E-state index in [1.165, 1.54) is 29.7 Å². The summed E-state index contributed by atoms with van der Waals surface area (Å²) in [7, 11) is -2.15. The highest BCUT2D eigenvalue weighted by Crippen LogP contribution is 2.21. The van der Waals surface area contributed by atoms with Crippen LogP contribution in [0.1, 0.15) is 5.56 Å². The zero-order valence-corrected chi connectivity index (χ0v) is 12.4. The minimum atomic E-state index is -3.63. The molecule has 2 N–H and O–H groups in total. The quantitative estimate of drug-likeness (QED) is 0.867. The van der Waals surface area contributed by atoms with Crippen LogP contribution in [0.4, 0.5) is 5.69 Å². The number of benzene rings is 1. The molecule has 0 amide bonds. The van der Waals surface area contributed by atoms with Crippen molar-refractivity contribution in [3.63, 3.8) is 0 Å². The maximum Gasteiger partial charge on any atom is 0.264 e. The number of anilines is 1. The average Bonchev–Trinajstić information content (AvgIpc) is 2.47. The largest absolute Gasteiger partial charge is 0.389 e. The van der Waals surface area contributed by atoms with Crippen molar-refractivity contribution in [1.82, 2.24) is 4.98 Å². The second-order valence-corrected chi connectivity index (χ2v) is 6.48. The Balaban J connectivity index is 2.37. The highest BCUT2D eigenvalue weighted by atomic mass is 32.2. The fourth-order valence-corrected chi connectivity index (χ4v) is 2.95. The van der Waals surface area contributed by atoms with E-state index < -0.39 is 10.0 Å². The van der Waals surface area contributed by atoms with Crippen LogP contribution in [0.2, 0.25) is 0 Å². The van der Waals surface area contributed by atoms with Gasteiger partial charge in [0.1, 0.15) is 4.99 Å². The van der Waals surface area contributed by atoms with Gasteiger partial charge in [-0.25, -0.2) is 8.42 Å². The predicted octanol–water partition coefficient (Wildman–Crippen LogP) is 1.54. The van der Waals surface area contributed by atoms with E-state index in [1.54, 1.807) is 30.5 Å². The average molecular weight is 307 g/mol. The molecule has 2 aromatic rings. The van der Waals surface area contributed by atoms with Crippen molar-refractivity contribution in [2.45, 2.75) is 4.90 Å². The normalized spacial score (nSPS) is 11.1. The first-order valence-electron chi connectivity index (χ1n) is 5.72. The first kappa shape index (κ1) is 14.4. The first-order chi connectivity index (χ1) is 9.43. The van der Waals surface area contributed by atoms with E-state index >= 15 is 0 Å². The molecule has 0 radical (unpaired) electrons. The third kappa shape index (κ3) is 2.78. The van der Waals surface area contributed by atoms with Crippen molar-refractivity contribution in [3.8, 4) is 0 Å². The molecule has 0 spiro atoms. The number of aromatic nitrogens is 1. The molecule has 1 aromatic heterocycles. The van der Waals surface area contributed by atoms with Gasteiger partial charge in [-0.15, -0.1) is 0 Å². The first-order valence-corrected chi connectivity index (χ1v) is 7.56. The fraction of sp³-hybridized carbons (Fsp3) is 0.0769. The summed E-state index contributed by atoms with van der Waals surface area (Å²) in [6, 6.07) is 9.50. The minimum absolute atomic E-state index is 0.170. The van der Waals surface area contributed by atoms with E-state index in [-0.39, 0.29) is 9.88 Å². The molecule has 20 heavy (non-hydrogen) atoms. The van der Waals surface area contributed by atoms with Gasteiger partial charge in [0.25, 0.3) is 10.0 Å². The molecular formula is C13H13N3O2S2. The number of thiocarbonyl (C=S) groups is 1. The zero-order chi connectivity index (χ0) is 14.8. The molecule has 0 unspecified atom stereocenters. The lowest BCUT2D eigenvalue weighted by Crippen LogP contribution is -2.26. The van der Waals surface area contributed by atoms with Crippen LogP contribution in [0.5, 0.6) is 0 Å². The topological polar surface area (TPSA) is 76.3 Å². The summed E-state index contributed by atoms with van der Waals surface area (Å²) in [4.78, 5) is 4.31. The van der Waals surface area contributed by atoms with Gasteiger partial charge in [-0.05, 0) is 24.3 Å². The van der Waals surface area contributed by atoms with E-state index in [9.17, 15) is 8.42 Å². The van der Waals surface area contributed by atoms with Gasteiger partial charge in [-0.1, -0.05) is 24.4 Å². The van der Waals surface area contributed by atoms with Crippen molar-refractivity contribution in [3.05, 3.63) is 54.4 Å². The van der Waals surface area contributed by atoms with Gasteiger partial charge in [0.15, 0.2) is 0 Å². The predicted molar refractivity (Wildman–Crippen MR) is 82.2 cm³/mol. The smallest absolute Gasteiger partial charge is 0.264 e. The standard InChI is InChI=1S/C13H13N3O2S2/c1-16(11-3-2-8-15-9-11)20(17,18)12-6-4-10(5-7-12)13(14)19/h2-9H,1H3,(H2,14,19). The van der Waals surface area contributed by atoms with Gasteiger partial charge in [-0.2, -0.15) is 0 Å². The molecule has 0 aliphatic rings. The van der Waals surface area contributed by atoms with Crippen LogP contribution in [0.3, 0.4) is 0 Å². The third-order valence-electron chi connectivity index (χ3n) is 2.81. The molecule has 104 valence electrons. The van der Waals surface area contributed by atoms with Crippen LogP contribution in [-0.4, -0.2) is 25.4 Å². The van der Waals surface area contributed by atoms with Crippen molar-refractivity contribution < 1.29 is 8.42 Å². The molecule has 0 saturated carbocycles. The van der Waals surface area contributed by atoms with Crippen molar-refractivity contribution >= 4 is 32.9 Å². The summed E-state index contributed by atoms with van der Waals surface area (Å²) < 4.78 is 26.1. The van der Waals surface area contributed by atoms with Crippen molar-refractivity contribution in [1.29, 1.82) is 0 Å². The van der Waals surface area contributed by atoms with Gasteiger partial charge < -0.3 is 5.73 Å². The molecule has 0 aliphatic heterocycles. The molecule has 0 saturated heterocycles. The Morgan fingerprint density at radius 2 is 1.90 bits per heavy atom. The Bertz CT molecular complexity index is 713. The lowest BCUT2D eigenvalue weighted by molar-refractivity contribution is 0.594. The van der Waals surface area contributed by atoms with Crippen LogP contribution in [0, 0.1) is 0 Å². The minimum Gasteiger partial charge on any atom is -0.389 e. The van der Waals surface area contributed by atoms with E-state index in [0.717, 1.165) is 0 Å². The number of nitrogens with two attached hydrogens (primary N) is 1. The summed E-state index contributed by atoms with van der Waals surface area (Å²) in [6.45, 7) is 0. The fourth-order valence-electron chi connectivity index (χ4n) is 1.63. The number of pyridine rings is 1. The summed E-state index contributed by atoms with van der Waals surface area (Å²) >= 11 is 4.84. The van der Waals surface area contributed by atoms with Gasteiger partial charge >= 0.3 is 0 Å². The van der Waals surface area contributed by atoms with Crippen LogP contribution in [-0.2, 0) is 10.0 Å². The van der Waals surface area contributed by atoms with Crippen LogP contribution in [0.25, 0.3) is 0 Å². The van der Waals surface area contributed by atoms with Crippen LogP contribution >= 0.6 is 12.2 Å². The molecule has 7 heteroatoms. The molecule has 2 rings (SSSR count). The van der Waals surface area contributed by atoms with Crippen molar-refractivity contribution in [2.75, 3.05) is 11.4 Å². The van der Waals surface area contributed by atoms with Crippen LogP contribution in [0.15, 0.2) is 53.7 Å². The summed E-state index contributed by atoms with van der Waals surface area (Å²) in [5.74, 6) is 0. The molecule has 1 aromatic carbocycles. The van der Waals surface area contributed by atoms with Gasteiger partial charge in [0, 0.05) is 18.8 Å². The Hall–Kier alpha value is -1.99. The SMILES string of the molecule is CN(c1cccnc1)S(=O)(=O)c1ccc(C(N)=S)cc1. The Kier molecular flexibility index (Phi) is 4.01. The monoisotopic (exact) mass is 307 g/mol. The number of rotatable bonds is 4. The van der Waals surface area contributed by atoms with E-state index in [1.807, 2.05) is 0 Å². The maximum absolute atomic E-state index is 12.4. The lowest BCUT2D eigenvalue weighted by atomic mass is 10.2. The summed E-state index contributed by atoms with van der Waals surface area (Å²) in [6.07, 6.45) is 3.07. The van der Waals surface area contributed by atoms with Gasteiger partial charge in [0.2, 0.25) is 0 Å². The van der Waals surface area contributed by atoms with E-state index in [4.69, 9.17) is 18.0 Å². The second kappa shape index (κ2) is 5.56. The van der Waals surface area contributed by atoms with Crippen molar-refractivity contribution in [2.24, 2.45) is 5.73 Å². The number of hydrogen-bond acceptors (Lipinski definition) is 4.